The van der Waals surface area contributed by atoms with Crippen molar-refractivity contribution in [2.75, 3.05) is 20.7 Å². The van der Waals surface area contributed by atoms with Gasteiger partial charge in [0.05, 0.1) is 13.2 Å². The minimum absolute atomic E-state index is 0.00396. The van der Waals surface area contributed by atoms with Gasteiger partial charge in [-0.05, 0) is 31.5 Å². The molecule has 0 radical (unpaired) electrons. The van der Waals surface area contributed by atoms with Crippen molar-refractivity contribution in [3.8, 4) is 11.8 Å². The molecule has 0 bridgehead atoms. The molecular formula is C18H24N4O2. The van der Waals surface area contributed by atoms with Gasteiger partial charge in [-0.1, -0.05) is 12.1 Å². The molecule has 0 amide bonds. The molecule has 2 heterocycles. The van der Waals surface area contributed by atoms with Gasteiger partial charge in [0.15, 0.2) is 0 Å². The van der Waals surface area contributed by atoms with Gasteiger partial charge in [-0.25, -0.2) is 9.97 Å². The summed E-state index contributed by atoms with van der Waals surface area (Å²) in [6, 6.07) is 5.71. The van der Waals surface area contributed by atoms with Gasteiger partial charge < -0.3 is 9.47 Å². The van der Waals surface area contributed by atoms with Crippen molar-refractivity contribution in [1.29, 1.82) is 0 Å². The molecule has 0 aliphatic heterocycles. The first-order valence-electron chi connectivity index (χ1n) is 7.92. The van der Waals surface area contributed by atoms with E-state index in [1.54, 1.807) is 19.4 Å². The fourth-order valence-corrected chi connectivity index (χ4v) is 2.38. The fraction of sp³-hybridized carbons (Fsp3) is 0.389. The molecule has 0 aliphatic rings. The summed E-state index contributed by atoms with van der Waals surface area (Å²) >= 11 is 0. The lowest BCUT2D eigenvalue weighted by molar-refractivity contribution is 0.131. The van der Waals surface area contributed by atoms with Gasteiger partial charge in [0.25, 0.3) is 0 Å². The second kappa shape index (κ2) is 9.62. The Kier molecular flexibility index (Phi) is 7.17. The maximum atomic E-state index is 6.03. The number of aromatic nitrogens is 3. The van der Waals surface area contributed by atoms with Crippen molar-refractivity contribution in [2.24, 2.45) is 0 Å². The van der Waals surface area contributed by atoms with Crippen molar-refractivity contribution < 1.29 is 9.47 Å². The smallest absolute Gasteiger partial charge is 0.220 e. The molecule has 2 aromatic heterocycles. The molecular weight excluding hydrogens is 304 g/mol. The van der Waals surface area contributed by atoms with Crippen LogP contribution < -0.4 is 9.47 Å². The minimum Gasteiger partial charge on any atom is -0.481 e. The second-order valence-corrected chi connectivity index (χ2v) is 5.56. The van der Waals surface area contributed by atoms with Crippen molar-refractivity contribution in [1.82, 2.24) is 19.9 Å². The van der Waals surface area contributed by atoms with Crippen molar-refractivity contribution in [3.05, 3.63) is 55.1 Å². The zero-order chi connectivity index (χ0) is 17.2. The summed E-state index contributed by atoms with van der Waals surface area (Å²) in [5, 5.41) is 0. The van der Waals surface area contributed by atoms with E-state index in [2.05, 4.69) is 39.5 Å². The summed E-state index contributed by atoms with van der Waals surface area (Å²) in [6.45, 7) is 5.38. The predicted molar refractivity (Wildman–Crippen MR) is 93.0 cm³/mol. The lowest BCUT2D eigenvalue weighted by Crippen LogP contribution is -2.33. The Hall–Kier alpha value is -2.47. The Morgan fingerprint density at radius 3 is 2.88 bits per heavy atom. The number of ether oxygens (including phenoxy) is 2. The zero-order valence-corrected chi connectivity index (χ0v) is 14.3. The highest BCUT2D eigenvalue weighted by atomic mass is 16.5. The highest BCUT2D eigenvalue weighted by Gasteiger charge is 2.15. The number of allylic oxidation sites excluding steroid dienone is 1. The summed E-state index contributed by atoms with van der Waals surface area (Å²) in [7, 11) is 3.64. The van der Waals surface area contributed by atoms with E-state index in [1.165, 1.54) is 11.9 Å². The van der Waals surface area contributed by atoms with Crippen LogP contribution in [0.3, 0.4) is 0 Å². The molecule has 0 spiro atoms. The first-order valence-corrected chi connectivity index (χ1v) is 7.92. The molecule has 2 rings (SSSR count). The van der Waals surface area contributed by atoms with Crippen LogP contribution in [0.25, 0.3) is 0 Å². The largest absolute Gasteiger partial charge is 0.481 e. The van der Waals surface area contributed by atoms with E-state index < -0.39 is 0 Å². The number of hydrogen-bond donors (Lipinski definition) is 0. The Balaban J connectivity index is 1.97. The quantitative estimate of drug-likeness (QED) is 0.625. The number of hydrogen-bond acceptors (Lipinski definition) is 6. The molecule has 0 aromatic carbocycles. The third kappa shape index (κ3) is 5.96. The van der Waals surface area contributed by atoms with E-state index in [1.807, 2.05) is 18.3 Å². The molecule has 128 valence electrons. The highest BCUT2D eigenvalue weighted by Crippen LogP contribution is 2.16. The van der Waals surface area contributed by atoms with Crippen molar-refractivity contribution in [2.45, 2.75) is 25.5 Å². The zero-order valence-electron chi connectivity index (χ0n) is 14.3. The van der Waals surface area contributed by atoms with E-state index in [-0.39, 0.29) is 6.10 Å². The third-order valence-corrected chi connectivity index (χ3v) is 3.50. The summed E-state index contributed by atoms with van der Waals surface area (Å²) in [5.41, 5.74) is 1.17. The summed E-state index contributed by atoms with van der Waals surface area (Å²) in [6.07, 6.45) is 8.76. The first-order chi connectivity index (χ1) is 11.7. The van der Waals surface area contributed by atoms with Crippen LogP contribution in [0.5, 0.6) is 11.8 Å². The van der Waals surface area contributed by atoms with Gasteiger partial charge in [0, 0.05) is 25.5 Å². The molecule has 0 saturated carbocycles. The van der Waals surface area contributed by atoms with Crippen LogP contribution in [0.4, 0.5) is 0 Å². The van der Waals surface area contributed by atoms with Gasteiger partial charge >= 0.3 is 0 Å². The Morgan fingerprint density at radius 1 is 1.33 bits per heavy atom. The van der Waals surface area contributed by atoms with Crippen molar-refractivity contribution >= 4 is 0 Å². The lowest BCUT2D eigenvalue weighted by Gasteiger charge is -2.24. The Morgan fingerprint density at radius 2 is 2.17 bits per heavy atom. The fourth-order valence-electron chi connectivity index (χ4n) is 2.38. The highest BCUT2D eigenvalue weighted by molar-refractivity contribution is 5.18. The molecule has 0 fully saturated rings. The normalized spacial score (nSPS) is 12.0. The average Bonchev–Trinajstić information content (AvgIpc) is 2.60. The molecule has 6 heteroatoms. The topological polar surface area (TPSA) is 60.4 Å². The summed E-state index contributed by atoms with van der Waals surface area (Å²) in [4.78, 5) is 14.5. The predicted octanol–water partition coefficient (Wildman–Crippen LogP) is 2.73. The molecule has 0 saturated heterocycles. The summed E-state index contributed by atoms with van der Waals surface area (Å²) in [5.74, 6) is 1.01. The van der Waals surface area contributed by atoms with E-state index in [0.717, 1.165) is 25.9 Å². The molecule has 0 unspecified atom stereocenters. The Labute approximate surface area is 143 Å². The standard InChI is InChI=1S/C18H24N4O2/c1-4-5-8-16(24-18-10-17(23-3)20-14-21-18)13-22(2)12-15-7-6-9-19-11-15/h4,6-7,9-11,14,16H,1,5,8,12-13H2,2-3H3/t16-/m1/s1. The van der Waals surface area contributed by atoms with Gasteiger partial charge in [-0.15, -0.1) is 6.58 Å². The number of methoxy groups -OCH3 is 1. The van der Waals surface area contributed by atoms with E-state index in [0.29, 0.717) is 11.8 Å². The van der Waals surface area contributed by atoms with Crippen LogP contribution in [0.2, 0.25) is 0 Å². The van der Waals surface area contributed by atoms with E-state index in [9.17, 15) is 0 Å². The second-order valence-electron chi connectivity index (χ2n) is 5.56. The lowest BCUT2D eigenvalue weighted by atomic mass is 10.1. The third-order valence-electron chi connectivity index (χ3n) is 3.50. The van der Waals surface area contributed by atoms with E-state index >= 15 is 0 Å². The number of pyridine rings is 1. The van der Waals surface area contributed by atoms with Crippen LogP contribution >= 0.6 is 0 Å². The number of nitrogens with zero attached hydrogens (tertiary/aromatic N) is 4. The van der Waals surface area contributed by atoms with Gasteiger partial charge in [-0.3, -0.25) is 9.88 Å². The van der Waals surface area contributed by atoms with Gasteiger partial charge in [0.2, 0.25) is 11.8 Å². The van der Waals surface area contributed by atoms with Crippen molar-refractivity contribution in [3.63, 3.8) is 0 Å². The van der Waals surface area contributed by atoms with Crippen LogP contribution in [0.1, 0.15) is 18.4 Å². The number of rotatable bonds is 10. The van der Waals surface area contributed by atoms with Crippen LogP contribution in [-0.2, 0) is 6.54 Å². The number of likely N-dealkylation sites (N-methyl/N-ethyl adjacent to an activating group) is 1. The molecule has 1 atom stereocenters. The molecule has 0 N–H and O–H groups in total. The molecule has 0 aliphatic carbocycles. The van der Waals surface area contributed by atoms with Crippen LogP contribution in [-0.4, -0.2) is 46.7 Å². The maximum Gasteiger partial charge on any atom is 0.220 e. The van der Waals surface area contributed by atoms with Gasteiger partial charge in [0.1, 0.15) is 12.4 Å². The first kappa shape index (κ1) is 17.9. The average molecular weight is 328 g/mol. The molecule has 6 nitrogen and oxygen atoms in total. The molecule has 2 aromatic rings. The summed E-state index contributed by atoms with van der Waals surface area (Å²) < 4.78 is 11.1. The SMILES string of the molecule is C=CCC[C@H](CN(C)Cc1cccnc1)Oc1cc(OC)ncn1. The van der Waals surface area contributed by atoms with E-state index in [4.69, 9.17) is 9.47 Å². The minimum atomic E-state index is 0.00396. The van der Waals surface area contributed by atoms with Gasteiger partial charge in [-0.2, -0.15) is 0 Å². The van der Waals surface area contributed by atoms with Crippen LogP contribution in [0, 0.1) is 0 Å². The maximum absolute atomic E-state index is 6.03. The van der Waals surface area contributed by atoms with Crippen LogP contribution in [0.15, 0.2) is 49.6 Å². The monoisotopic (exact) mass is 328 g/mol. The molecule has 24 heavy (non-hydrogen) atoms. The Bertz CT molecular complexity index is 621.